The topological polar surface area (TPSA) is 93.8 Å². The van der Waals surface area contributed by atoms with Crippen molar-refractivity contribution < 1.29 is 9.84 Å². The molecule has 1 N–H and O–H groups in total. The molecule has 0 unspecified atom stereocenters. The molecular formula is C18H15Cl2N3O4. The Bertz CT molecular complexity index is 1060. The highest BCUT2D eigenvalue weighted by Crippen LogP contribution is 2.34. The molecule has 2 heterocycles. The maximum absolute atomic E-state index is 12.7. The van der Waals surface area contributed by atoms with Crippen LogP contribution in [0.15, 0.2) is 40.4 Å². The number of nitroso groups, excluding NO2 is 1. The van der Waals surface area contributed by atoms with Crippen molar-refractivity contribution in [3.63, 3.8) is 0 Å². The van der Waals surface area contributed by atoms with E-state index in [1.165, 1.54) is 12.3 Å². The lowest BCUT2D eigenvalue weighted by Gasteiger charge is -2.20. The van der Waals surface area contributed by atoms with E-state index in [1.807, 2.05) is 13.0 Å². The lowest BCUT2D eigenvalue weighted by atomic mass is 10.1. The minimum Gasteiger partial charge on any atom is -0.475 e. The molecule has 0 spiro atoms. The van der Waals surface area contributed by atoms with Gasteiger partial charge in [-0.1, -0.05) is 40.5 Å². The first-order chi connectivity index (χ1) is 13.0. The van der Waals surface area contributed by atoms with Crippen LogP contribution in [0.2, 0.25) is 10.0 Å². The molecule has 140 valence electrons. The molecule has 0 saturated heterocycles. The summed E-state index contributed by atoms with van der Waals surface area (Å²) >= 11 is 12.8. The van der Waals surface area contributed by atoms with Gasteiger partial charge in [0.05, 0.1) is 39.7 Å². The number of rotatable bonds is 6. The van der Waals surface area contributed by atoms with Crippen LogP contribution in [0.3, 0.4) is 0 Å². The molecule has 27 heavy (non-hydrogen) atoms. The highest BCUT2D eigenvalue weighted by Gasteiger charge is 2.20. The van der Waals surface area contributed by atoms with Crippen LogP contribution >= 0.6 is 23.2 Å². The largest absolute Gasteiger partial charge is 0.475 e. The van der Waals surface area contributed by atoms with Crippen molar-refractivity contribution in [1.29, 1.82) is 0 Å². The SMILES string of the molecule is Cc1cccc(Cl)c1-n1c(CO)cc(=O)c2c(OCCN=O)ncc(Cl)c21. The van der Waals surface area contributed by atoms with Gasteiger partial charge in [0.1, 0.15) is 18.5 Å². The summed E-state index contributed by atoms with van der Waals surface area (Å²) in [5, 5.41) is 13.3. The van der Waals surface area contributed by atoms with Gasteiger partial charge in [-0.15, -0.1) is 0 Å². The third-order valence-electron chi connectivity index (χ3n) is 4.02. The third kappa shape index (κ3) is 3.53. The number of ether oxygens (including phenoxy) is 1. The summed E-state index contributed by atoms with van der Waals surface area (Å²) < 4.78 is 7.08. The van der Waals surface area contributed by atoms with Gasteiger partial charge in [-0.2, -0.15) is 4.91 Å². The number of hydrogen-bond donors (Lipinski definition) is 1. The van der Waals surface area contributed by atoms with E-state index in [-0.39, 0.29) is 29.4 Å². The summed E-state index contributed by atoms with van der Waals surface area (Å²) in [6, 6.07) is 6.65. The predicted octanol–water partition coefficient (Wildman–Crippen LogP) is 3.64. The first kappa shape index (κ1) is 19.3. The number of nitrogens with zero attached hydrogens (tertiary/aromatic N) is 3. The third-order valence-corrected chi connectivity index (χ3v) is 4.60. The standard InChI is InChI=1S/C18H15Cl2N3O4/c1-10-3-2-4-12(19)16(10)23-11(9-24)7-14(25)15-17(23)13(20)8-21-18(15)27-6-5-22-26/h2-4,7-8,24H,5-6,9H2,1H3. The van der Waals surface area contributed by atoms with Gasteiger partial charge in [0.25, 0.3) is 0 Å². The number of aliphatic hydroxyl groups is 1. The van der Waals surface area contributed by atoms with Crippen molar-refractivity contribution >= 4 is 34.1 Å². The number of aliphatic hydroxyl groups excluding tert-OH is 1. The Balaban J connectivity index is 2.42. The highest BCUT2D eigenvalue weighted by molar-refractivity contribution is 6.35. The second-order valence-corrected chi connectivity index (χ2v) is 6.55. The molecule has 3 aromatic rings. The smallest absolute Gasteiger partial charge is 0.227 e. The molecule has 0 saturated carbocycles. The number of aryl methyl sites for hydroxylation is 1. The molecule has 3 rings (SSSR count). The van der Waals surface area contributed by atoms with E-state index in [1.54, 1.807) is 16.7 Å². The van der Waals surface area contributed by atoms with Crippen molar-refractivity contribution in [2.75, 3.05) is 13.2 Å². The van der Waals surface area contributed by atoms with E-state index in [9.17, 15) is 14.8 Å². The molecular weight excluding hydrogens is 393 g/mol. The number of hydrogen-bond acceptors (Lipinski definition) is 6. The van der Waals surface area contributed by atoms with Gasteiger partial charge >= 0.3 is 0 Å². The summed E-state index contributed by atoms with van der Waals surface area (Å²) in [6.45, 7) is 1.34. The zero-order valence-electron chi connectivity index (χ0n) is 14.3. The van der Waals surface area contributed by atoms with E-state index in [0.29, 0.717) is 21.9 Å². The molecule has 0 aliphatic heterocycles. The Labute approximate surface area is 164 Å². The molecule has 1 aromatic carbocycles. The maximum Gasteiger partial charge on any atom is 0.227 e. The zero-order chi connectivity index (χ0) is 19.6. The number of halogens is 2. The van der Waals surface area contributed by atoms with Crippen LogP contribution in [0.4, 0.5) is 0 Å². The van der Waals surface area contributed by atoms with Crippen LogP contribution < -0.4 is 10.2 Å². The zero-order valence-corrected chi connectivity index (χ0v) is 15.8. The molecule has 0 fully saturated rings. The molecule has 7 nitrogen and oxygen atoms in total. The van der Waals surface area contributed by atoms with Gasteiger partial charge in [0, 0.05) is 6.07 Å². The first-order valence-electron chi connectivity index (χ1n) is 8.01. The number of fused-ring (bicyclic) bond motifs is 1. The molecule has 0 radical (unpaired) electrons. The van der Waals surface area contributed by atoms with Crippen molar-refractivity contribution in [2.45, 2.75) is 13.5 Å². The normalized spacial score (nSPS) is 11.0. The number of aromatic nitrogens is 2. The second kappa shape index (κ2) is 8.04. The number of benzene rings is 1. The van der Waals surface area contributed by atoms with Crippen LogP contribution in [-0.4, -0.2) is 27.8 Å². The average Bonchev–Trinajstić information content (AvgIpc) is 2.64. The summed E-state index contributed by atoms with van der Waals surface area (Å²) in [7, 11) is 0. The van der Waals surface area contributed by atoms with E-state index >= 15 is 0 Å². The van der Waals surface area contributed by atoms with E-state index < -0.39 is 12.0 Å². The Morgan fingerprint density at radius 2 is 2.07 bits per heavy atom. The second-order valence-electron chi connectivity index (χ2n) is 5.73. The van der Waals surface area contributed by atoms with Crippen LogP contribution in [0.1, 0.15) is 11.3 Å². The Morgan fingerprint density at radius 3 is 2.74 bits per heavy atom. The Kier molecular flexibility index (Phi) is 5.74. The molecule has 2 aromatic heterocycles. The van der Waals surface area contributed by atoms with Crippen LogP contribution in [-0.2, 0) is 6.61 Å². The van der Waals surface area contributed by atoms with Gasteiger partial charge in [-0.05, 0) is 18.6 Å². The van der Waals surface area contributed by atoms with Crippen molar-refractivity contribution in [3.05, 3.63) is 66.9 Å². The first-order valence-corrected chi connectivity index (χ1v) is 8.76. The Hall–Kier alpha value is -2.48. The fourth-order valence-electron chi connectivity index (χ4n) is 2.90. The van der Waals surface area contributed by atoms with Gasteiger partial charge < -0.3 is 14.4 Å². The van der Waals surface area contributed by atoms with Crippen molar-refractivity contribution in [1.82, 2.24) is 9.55 Å². The minimum atomic E-state index is -0.418. The summed E-state index contributed by atoms with van der Waals surface area (Å²) in [4.78, 5) is 27.1. The van der Waals surface area contributed by atoms with Gasteiger partial charge in [-0.25, -0.2) is 4.98 Å². The van der Waals surface area contributed by atoms with E-state index in [4.69, 9.17) is 27.9 Å². The van der Waals surface area contributed by atoms with Crippen molar-refractivity contribution in [2.24, 2.45) is 5.18 Å². The molecule has 0 aliphatic carbocycles. The molecule has 0 amide bonds. The van der Waals surface area contributed by atoms with Crippen LogP contribution in [0.5, 0.6) is 5.88 Å². The summed E-state index contributed by atoms with van der Waals surface area (Å²) in [6.07, 6.45) is 1.34. The quantitative estimate of drug-likeness (QED) is 0.497. The lowest BCUT2D eigenvalue weighted by Crippen LogP contribution is -2.16. The van der Waals surface area contributed by atoms with Gasteiger partial charge in [-0.3, -0.25) is 4.79 Å². The molecule has 0 aliphatic rings. The maximum atomic E-state index is 12.7. The minimum absolute atomic E-state index is 0.0282. The summed E-state index contributed by atoms with van der Waals surface area (Å²) in [5.74, 6) is 0.0333. The number of pyridine rings is 2. The van der Waals surface area contributed by atoms with Crippen LogP contribution in [0.25, 0.3) is 16.6 Å². The Morgan fingerprint density at radius 1 is 1.30 bits per heavy atom. The highest BCUT2D eigenvalue weighted by atomic mass is 35.5. The van der Waals surface area contributed by atoms with Gasteiger partial charge in [0.15, 0.2) is 5.43 Å². The molecule has 0 atom stereocenters. The molecule has 0 bridgehead atoms. The van der Waals surface area contributed by atoms with Crippen molar-refractivity contribution in [3.8, 4) is 11.6 Å². The van der Waals surface area contributed by atoms with Crippen LogP contribution in [0, 0.1) is 11.8 Å². The fraction of sp³-hybridized carbons (Fsp3) is 0.222. The fourth-order valence-corrected chi connectivity index (χ4v) is 3.44. The van der Waals surface area contributed by atoms with E-state index in [0.717, 1.165) is 5.56 Å². The summed E-state index contributed by atoms with van der Waals surface area (Å²) in [5.41, 5.74) is 1.62. The monoisotopic (exact) mass is 407 g/mol. The van der Waals surface area contributed by atoms with Gasteiger partial charge in [0.2, 0.25) is 5.88 Å². The molecule has 9 heteroatoms. The van der Waals surface area contributed by atoms with E-state index in [2.05, 4.69) is 10.2 Å². The number of para-hydroxylation sites is 1. The lowest BCUT2D eigenvalue weighted by molar-refractivity contribution is 0.274. The average molecular weight is 408 g/mol. The predicted molar refractivity (Wildman–Crippen MR) is 104 cm³/mol.